The molecule has 0 saturated heterocycles. The summed E-state index contributed by atoms with van der Waals surface area (Å²) in [6.45, 7) is 7.02. The highest BCUT2D eigenvalue weighted by atomic mass is 35.5. The molecule has 5 heteroatoms. The number of hydrogen-bond donors (Lipinski definition) is 0. The number of fused-ring (bicyclic) bond motifs is 1. The van der Waals surface area contributed by atoms with Crippen LogP contribution in [0.15, 0.2) is 47.5 Å². The molecule has 0 aliphatic carbocycles. The summed E-state index contributed by atoms with van der Waals surface area (Å²) in [6.07, 6.45) is 3.16. The van der Waals surface area contributed by atoms with Crippen LogP contribution in [-0.4, -0.2) is 10.5 Å². The minimum Gasteiger partial charge on any atom is -0.317 e. The number of aryl methyl sites for hydroxylation is 3. The van der Waals surface area contributed by atoms with Gasteiger partial charge in [0, 0.05) is 17.6 Å². The molecular formula is C20H19ClN2OS. The van der Waals surface area contributed by atoms with Gasteiger partial charge in [0.15, 0.2) is 4.80 Å². The Balaban J connectivity index is 2.00. The average Bonchev–Trinajstić information content (AvgIpc) is 2.90. The summed E-state index contributed by atoms with van der Waals surface area (Å²) in [5.41, 5.74) is 4.41. The Hall–Kier alpha value is -2.17. The summed E-state index contributed by atoms with van der Waals surface area (Å²) >= 11 is 7.64. The fraction of sp³-hybridized carbons (Fsp3) is 0.200. The van der Waals surface area contributed by atoms with E-state index in [0.717, 1.165) is 27.1 Å². The lowest BCUT2D eigenvalue weighted by Crippen LogP contribution is -2.15. The number of nitrogens with zero attached hydrogens (tertiary/aromatic N) is 2. The molecule has 0 unspecified atom stereocenters. The van der Waals surface area contributed by atoms with E-state index in [2.05, 4.69) is 42.5 Å². The van der Waals surface area contributed by atoms with Gasteiger partial charge in [0.25, 0.3) is 5.91 Å². The highest BCUT2D eigenvalue weighted by molar-refractivity contribution is 7.16. The van der Waals surface area contributed by atoms with Crippen LogP contribution in [-0.2, 0) is 11.3 Å². The molecule has 0 atom stereocenters. The van der Waals surface area contributed by atoms with Crippen LogP contribution in [0, 0.1) is 13.8 Å². The number of rotatable bonds is 3. The van der Waals surface area contributed by atoms with E-state index in [1.807, 2.05) is 18.2 Å². The van der Waals surface area contributed by atoms with Crippen molar-refractivity contribution in [3.8, 4) is 0 Å². The van der Waals surface area contributed by atoms with Gasteiger partial charge in [-0.2, -0.15) is 4.99 Å². The number of amides is 1. The third-order valence-corrected chi connectivity index (χ3v) is 5.52. The third kappa shape index (κ3) is 3.75. The van der Waals surface area contributed by atoms with Gasteiger partial charge in [0.1, 0.15) is 0 Å². The highest BCUT2D eigenvalue weighted by Crippen LogP contribution is 2.22. The Morgan fingerprint density at radius 1 is 1.24 bits per heavy atom. The van der Waals surface area contributed by atoms with Crippen LogP contribution in [0.25, 0.3) is 16.3 Å². The van der Waals surface area contributed by atoms with Crippen molar-refractivity contribution in [3.63, 3.8) is 0 Å². The van der Waals surface area contributed by atoms with Crippen molar-refractivity contribution >= 4 is 45.1 Å². The summed E-state index contributed by atoms with van der Waals surface area (Å²) in [4.78, 5) is 17.3. The van der Waals surface area contributed by atoms with Gasteiger partial charge in [-0.15, -0.1) is 0 Å². The second-order valence-electron chi connectivity index (χ2n) is 5.84. The predicted octanol–water partition coefficient (Wildman–Crippen LogP) is 5.13. The minimum atomic E-state index is -0.290. The van der Waals surface area contributed by atoms with Gasteiger partial charge in [0.05, 0.1) is 10.2 Å². The van der Waals surface area contributed by atoms with Crippen molar-refractivity contribution in [2.24, 2.45) is 4.99 Å². The molecule has 3 nitrogen and oxygen atoms in total. The number of benzene rings is 2. The Morgan fingerprint density at radius 3 is 2.68 bits per heavy atom. The van der Waals surface area contributed by atoms with Crippen molar-refractivity contribution < 1.29 is 4.79 Å². The Labute approximate surface area is 155 Å². The van der Waals surface area contributed by atoms with E-state index in [9.17, 15) is 4.79 Å². The van der Waals surface area contributed by atoms with Gasteiger partial charge in [-0.05, 0) is 61.7 Å². The number of carbonyl (C=O) groups excluding carboxylic acids is 1. The van der Waals surface area contributed by atoms with E-state index < -0.39 is 0 Å². The van der Waals surface area contributed by atoms with Crippen LogP contribution >= 0.6 is 22.9 Å². The van der Waals surface area contributed by atoms with E-state index in [1.54, 1.807) is 23.5 Å². The zero-order valence-corrected chi connectivity index (χ0v) is 16.0. The lowest BCUT2D eigenvalue weighted by Gasteiger charge is -2.03. The van der Waals surface area contributed by atoms with E-state index >= 15 is 0 Å². The lowest BCUT2D eigenvalue weighted by molar-refractivity contribution is -0.113. The van der Waals surface area contributed by atoms with Crippen molar-refractivity contribution in [2.45, 2.75) is 27.3 Å². The molecular weight excluding hydrogens is 352 g/mol. The molecule has 1 aromatic heterocycles. The molecule has 0 bridgehead atoms. The number of carbonyl (C=O) groups is 1. The van der Waals surface area contributed by atoms with E-state index in [1.165, 1.54) is 17.2 Å². The van der Waals surface area contributed by atoms with Crippen LogP contribution in [0.5, 0.6) is 0 Å². The normalized spacial score (nSPS) is 12.4. The smallest absolute Gasteiger partial charge is 0.272 e. The van der Waals surface area contributed by atoms with Gasteiger partial charge in [-0.1, -0.05) is 41.1 Å². The van der Waals surface area contributed by atoms with Crippen LogP contribution in [0.3, 0.4) is 0 Å². The standard InChI is InChI=1S/C20H19ClN2OS/c1-4-23-17-11-13(2)14(3)12-18(17)25-20(23)22-19(24)10-9-15-7-5-6-8-16(15)21/h5-12H,4H2,1-3H3/b10-9+,22-20?. The molecule has 25 heavy (non-hydrogen) atoms. The van der Waals surface area contributed by atoms with Gasteiger partial charge in [-0.25, -0.2) is 0 Å². The van der Waals surface area contributed by atoms with E-state index in [0.29, 0.717) is 5.02 Å². The molecule has 3 rings (SSSR count). The SMILES string of the molecule is CCn1c(=NC(=O)/C=C/c2ccccc2Cl)sc2cc(C)c(C)cc21. The van der Waals surface area contributed by atoms with E-state index in [-0.39, 0.29) is 5.91 Å². The van der Waals surface area contributed by atoms with Crippen LogP contribution in [0.4, 0.5) is 0 Å². The first-order chi connectivity index (χ1) is 12.0. The molecule has 0 spiro atoms. The molecule has 0 radical (unpaired) electrons. The number of hydrogen-bond acceptors (Lipinski definition) is 2. The van der Waals surface area contributed by atoms with Crippen LogP contribution < -0.4 is 4.80 Å². The van der Waals surface area contributed by atoms with E-state index in [4.69, 9.17) is 11.6 Å². The number of thiazole rings is 1. The zero-order valence-electron chi connectivity index (χ0n) is 14.4. The van der Waals surface area contributed by atoms with Crippen LogP contribution in [0.1, 0.15) is 23.6 Å². The monoisotopic (exact) mass is 370 g/mol. The molecule has 0 aliphatic rings. The van der Waals surface area contributed by atoms with Gasteiger partial charge < -0.3 is 4.57 Å². The van der Waals surface area contributed by atoms with Crippen LogP contribution in [0.2, 0.25) is 5.02 Å². The maximum Gasteiger partial charge on any atom is 0.272 e. The first-order valence-corrected chi connectivity index (χ1v) is 9.31. The fourth-order valence-corrected chi connectivity index (χ4v) is 3.99. The maximum absolute atomic E-state index is 12.3. The molecule has 1 amide bonds. The summed E-state index contributed by atoms with van der Waals surface area (Å²) in [5.74, 6) is -0.290. The van der Waals surface area contributed by atoms with Crippen molar-refractivity contribution in [1.29, 1.82) is 0 Å². The zero-order chi connectivity index (χ0) is 18.0. The molecule has 0 aliphatic heterocycles. The molecule has 0 N–H and O–H groups in total. The quantitative estimate of drug-likeness (QED) is 0.588. The highest BCUT2D eigenvalue weighted by Gasteiger charge is 2.07. The lowest BCUT2D eigenvalue weighted by atomic mass is 10.1. The van der Waals surface area contributed by atoms with Crippen molar-refractivity contribution in [1.82, 2.24) is 4.57 Å². The Morgan fingerprint density at radius 2 is 1.96 bits per heavy atom. The molecule has 0 fully saturated rings. The third-order valence-electron chi connectivity index (χ3n) is 4.13. The maximum atomic E-state index is 12.3. The first kappa shape index (κ1) is 17.6. The molecule has 3 aromatic rings. The summed E-state index contributed by atoms with van der Waals surface area (Å²) in [5, 5.41) is 0.614. The Kier molecular flexibility index (Phi) is 5.21. The average molecular weight is 371 g/mol. The second kappa shape index (κ2) is 7.38. The number of halogens is 1. The molecule has 1 heterocycles. The Bertz CT molecular complexity index is 1040. The summed E-state index contributed by atoms with van der Waals surface area (Å²) in [7, 11) is 0. The van der Waals surface area contributed by atoms with Gasteiger partial charge >= 0.3 is 0 Å². The van der Waals surface area contributed by atoms with Gasteiger partial charge in [-0.3, -0.25) is 4.79 Å². The summed E-state index contributed by atoms with van der Waals surface area (Å²) in [6, 6.07) is 11.7. The molecule has 0 saturated carbocycles. The molecule has 128 valence electrons. The topological polar surface area (TPSA) is 34.4 Å². The first-order valence-electron chi connectivity index (χ1n) is 8.11. The second-order valence-corrected chi connectivity index (χ2v) is 7.25. The van der Waals surface area contributed by atoms with Crippen molar-refractivity contribution in [2.75, 3.05) is 0 Å². The number of aromatic nitrogens is 1. The predicted molar refractivity (Wildman–Crippen MR) is 106 cm³/mol. The van der Waals surface area contributed by atoms with Gasteiger partial charge in [0.2, 0.25) is 0 Å². The summed E-state index contributed by atoms with van der Waals surface area (Å²) < 4.78 is 3.22. The minimum absolute atomic E-state index is 0.290. The fourth-order valence-electron chi connectivity index (χ4n) is 2.62. The largest absolute Gasteiger partial charge is 0.317 e. The van der Waals surface area contributed by atoms with Crippen molar-refractivity contribution in [3.05, 3.63) is 69.0 Å². The molecule has 2 aromatic carbocycles.